The number of halogens is 2. The Morgan fingerprint density at radius 1 is 1.00 bits per heavy atom. The molecule has 33 heavy (non-hydrogen) atoms. The number of pyridine rings is 1. The fourth-order valence-corrected chi connectivity index (χ4v) is 3.21. The largest absolute Gasteiger partial charge is 0.383 e. The van der Waals surface area contributed by atoms with Crippen LogP contribution in [-0.4, -0.2) is 28.6 Å². The van der Waals surface area contributed by atoms with Gasteiger partial charge in [0, 0.05) is 35.1 Å². The average molecular weight is 452 g/mol. The highest BCUT2D eigenvalue weighted by Crippen LogP contribution is 2.27. The predicted octanol–water partition coefficient (Wildman–Crippen LogP) is 3.88. The molecule has 3 rings (SSSR count). The molecule has 0 radical (unpaired) electrons. The van der Waals surface area contributed by atoms with Crippen molar-refractivity contribution >= 4 is 29.1 Å². The highest BCUT2D eigenvalue weighted by molar-refractivity contribution is 6.46. The first-order valence-corrected chi connectivity index (χ1v) is 10.0. The van der Waals surface area contributed by atoms with Gasteiger partial charge in [-0.15, -0.1) is 0 Å². The summed E-state index contributed by atoms with van der Waals surface area (Å²) in [6, 6.07) is 8.62. The number of carbonyl (C=O) groups is 3. The van der Waals surface area contributed by atoms with Gasteiger partial charge in [-0.25, -0.2) is 13.8 Å². The van der Waals surface area contributed by atoms with Crippen molar-refractivity contribution in [1.29, 1.82) is 0 Å². The molecule has 2 aromatic carbocycles. The molecule has 1 aromatic heterocycles. The third kappa shape index (κ3) is 5.57. The number of ketones is 1. The van der Waals surface area contributed by atoms with E-state index in [1.807, 2.05) is 13.8 Å². The Bertz CT molecular complexity index is 1240. The van der Waals surface area contributed by atoms with Crippen molar-refractivity contribution in [2.45, 2.75) is 26.8 Å². The van der Waals surface area contributed by atoms with Gasteiger partial charge in [-0.2, -0.15) is 0 Å². The lowest BCUT2D eigenvalue weighted by molar-refractivity contribution is -0.112. The molecular formula is C24H22F2N4O3. The Kier molecular flexibility index (Phi) is 6.81. The number of aromatic nitrogens is 1. The van der Waals surface area contributed by atoms with Crippen molar-refractivity contribution in [1.82, 2.24) is 10.3 Å². The van der Waals surface area contributed by atoms with E-state index in [0.29, 0.717) is 17.3 Å². The lowest BCUT2D eigenvalue weighted by atomic mass is 9.99. The van der Waals surface area contributed by atoms with Crippen LogP contribution in [0.1, 0.15) is 40.1 Å². The molecule has 2 amide bonds. The van der Waals surface area contributed by atoms with E-state index in [9.17, 15) is 23.2 Å². The second-order valence-corrected chi connectivity index (χ2v) is 7.76. The summed E-state index contributed by atoms with van der Waals surface area (Å²) in [7, 11) is 0. The number of aryl methyl sites for hydroxylation is 1. The lowest BCUT2D eigenvalue weighted by Gasteiger charge is -2.13. The Morgan fingerprint density at radius 3 is 2.27 bits per heavy atom. The Morgan fingerprint density at radius 2 is 1.67 bits per heavy atom. The maximum atomic E-state index is 13.3. The summed E-state index contributed by atoms with van der Waals surface area (Å²) in [5.41, 5.74) is 8.12. The molecule has 0 bridgehead atoms. The molecule has 9 heteroatoms. The molecule has 0 unspecified atom stereocenters. The number of anilines is 2. The van der Waals surface area contributed by atoms with Crippen LogP contribution in [-0.2, 0) is 4.79 Å². The van der Waals surface area contributed by atoms with Crippen molar-refractivity contribution in [3.63, 3.8) is 0 Å². The molecule has 1 heterocycles. The number of Topliss-reactive ketones (excluding diaryl/α,β-unsaturated/α-hetero) is 1. The van der Waals surface area contributed by atoms with Gasteiger partial charge in [-0.3, -0.25) is 14.4 Å². The molecule has 0 aliphatic carbocycles. The van der Waals surface area contributed by atoms with Crippen LogP contribution < -0.4 is 16.4 Å². The molecular weight excluding hydrogens is 430 g/mol. The number of nitrogens with one attached hydrogen (secondary N) is 2. The number of benzene rings is 2. The van der Waals surface area contributed by atoms with Gasteiger partial charge >= 0.3 is 0 Å². The summed E-state index contributed by atoms with van der Waals surface area (Å²) >= 11 is 0. The molecule has 0 saturated heterocycles. The predicted molar refractivity (Wildman–Crippen MR) is 121 cm³/mol. The number of carbonyl (C=O) groups excluding carboxylic acids is 3. The smallest absolute Gasteiger partial charge is 0.296 e. The first-order chi connectivity index (χ1) is 15.5. The lowest BCUT2D eigenvalue weighted by Crippen LogP contribution is -2.30. The molecule has 0 aliphatic rings. The zero-order valence-electron chi connectivity index (χ0n) is 18.2. The van der Waals surface area contributed by atoms with Crippen LogP contribution in [0.15, 0.2) is 48.7 Å². The minimum absolute atomic E-state index is 0.0724. The van der Waals surface area contributed by atoms with Crippen molar-refractivity contribution in [2.75, 3.05) is 11.1 Å². The second-order valence-electron chi connectivity index (χ2n) is 7.76. The maximum Gasteiger partial charge on any atom is 0.296 e. The summed E-state index contributed by atoms with van der Waals surface area (Å²) in [4.78, 5) is 41.0. The number of amides is 2. The van der Waals surface area contributed by atoms with Crippen LogP contribution in [0.4, 0.5) is 20.3 Å². The van der Waals surface area contributed by atoms with Gasteiger partial charge in [0.25, 0.3) is 17.6 Å². The van der Waals surface area contributed by atoms with Gasteiger partial charge in [0.2, 0.25) is 0 Å². The molecule has 7 nitrogen and oxygen atoms in total. The van der Waals surface area contributed by atoms with Crippen LogP contribution in [0.3, 0.4) is 0 Å². The topological polar surface area (TPSA) is 114 Å². The van der Waals surface area contributed by atoms with Crippen LogP contribution in [0.2, 0.25) is 0 Å². The number of hydrogen-bond donors (Lipinski definition) is 3. The van der Waals surface area contributed by atoms with E-state index in [4.69, 9.17) is 5.73 Å². The number of nitrogens with two attached hydrogens (primary N) is 1. The SMILES string of the molecule is Cc1cc(NC(=O)C(=O)c2cc(F)cc(F)c2)ccc1-c1cnc(N)c(C(=O)NC(C)C)c1. The number of nitrogens with zero attached hydrogens (tertiary/aromatic N) is 1. The van der Waals surface area contributed by atoms with Crippen LogP contribution in [0.25, 0.3) is 11.1 Å². The van der Waals surface area contributed by atoms with Crippen molar-refractivity contribution in [3.05, 3.63) is 77.0 Å². The summed E-state index contributed by atoms with van der Waals surface area (Å²) < 4.78 is 26.7. The standard InChI is InChI=1S/C24H22F2N4O3/c1-12(2)29-23(32)20-9-15(11-28-22(20)27)19-5-4-18(6-13(19)3)30-24(33)21(31)14-7-16(25)10-17(26)8-14/h4-12H,1-3H3,(H2,27,28)(H,29,32)(H,30,33). The van der Waals surface area contributed by atoms with Crippen LogP contribution >= 0.6 is 0 Å². The van der Waals surface area contributed by atoms with Gasteiger partial charge in [0.1, 0.15) is 17.5 Å². The third-order valence-electron chi connectivity index (χ3n) is 4.71. The molecule has 0 spiro atoms. The number of rotatable bonds is 6. The molecule has 4 N–H and O–H groups in total. The number of nitrogen functional groups attached to an aromatic ring is 1. The molecule has 0 aliphatic heterocycles. The summed E-state index contributed by atoms with van der Waals surface area (Å²) in [6.07, 6.45) is 1.53. The van der Waals surface area contributed by atoms with Gasteiger partial charge in [0.05, 0.1) is 5.56 Å². The monoisotopic (exact) mass is 452 g/mol. The summed E-state index contributed by atoms with van der Waals surface area (Å²) in [6.45, 7) is 5.44. The third-order valence-corrected chi connectivity index (χ3v) is 4.71. The first kappa shape index (κ1) is 23.5. The van der Waals surface area contributed by atoms with E-state index in [1.165, 1.54) is 6.20 Å². The molecule has 170 valence electrons. The molecule has 0 saturated carbocycles. The van der Waals surface area contributed by atoms with Crippen molar-refractivity contribution < 1.29 is 23.2 Å². The van der Waals surface area contributed by atoms with E-state index in [1.54, 1.807) is 31.2 Å². The zero-order chi connectivity index (χ0) is 24.3. The van der Waals surface area contributed by atoms with E-state index < -0.39 is 28.9 Å². The van der Waals surface area contributed by atoms with E-state index in [-0.39, 0.29) is 23.3 Å². The number of hydrogen-bond acceptors (Lipinski definition) is 5. The van der Waals surface area contributed by atoms with Gasteiger partial charge < -0.3 is 16.4 Å². The minimum atomic E-state index is -1.07. The Labute approximate surface area is 189 Å². The highest BCUT2D eigenvalue weighted by atomic mass is 19.1. The van der Waals surface area contributed by atoms with Crippen LogP contribution in [0.5, 0.6) is 0 Å². The fraction of sp³-hybridized carbons (Fsp3) is 0.167. The average Bonchev–Trinajstić information content (AvgIpc) is 2.72. The Hall–Kier alpha value is -4.14. The van der Waals surface area contributed by atoms with Gasteiger partial charge in [0.15, 0.2) is 0 Å². The normalized spacial score (nSPS) is 10.7. The highest BCUT2D eigenvalue weighted by Gasteiger charge is 2.19. The van der Waals surface area contributed by atoms with Crippen molar-refractivity contribution in [2.24, 2.45) is 0 Å². The summed E-state index contributed by atoms with van der Waals surface area (Å²) in [5.74, 6) is -4.25. The maximum absolute atomic E-state index is 13.3. The van der Waals surface area contributed by atoms with Crippen molar-refractivity contribution in [3.8, 4) is 11.1 Å². The summed E-state index contributed by atoms with van der Waals surface area (Å²) in [5, 5.41) is 5.20. The molecule has 0 fully saturated rings. The molecule has 0 atom stereocenters. The van der Waals surface area contributed by atoms with E-state index in [2.05, 4.69) is 15.6 Å². The van der Waals surface area contributed by atoms with E-state index >= 15 is 0 Å². The van der Waals surface area contributed by atoms with Crippen LogP contribution in [0, 0.1) is 18.6 Å². The Balaban J connectivity index is 1.82. The zero-order valence-corrected chi connectivity index (χ0v) is 18.2. The minimum Gasteiger partial charge on any atom is -0.383 e. The fourth-order valence-electron chi connectivity index (χ4n) is 3.21. The quantitative estimate of drug-likeness (QED) is 0.388. The molecule has 3 aromatic rings. The second kappa shape index (κ2) is 9.56. The first-order valence-electron chi connectivity index (χ1n) is 10.0. The van der Waals surface area contributed by atoms with Gasteiger partial charge in [-0.1, -0.05) is 6.07 Å². The van der Waals surface area contributed by atoms with Gasteiger partial charge in [-0.05, 0) is 62.2 Å². The van der Waals surface area contributed by atoms with E-state index in [0.717, 1.165) is 23.3 Å².